The van der Waals surface area contributed by atoms with Gasteiger partial charge in [0, 0.05) is 32.4 Å². The van der Waals surface area contributed by atoms with Gasteiger partial charge in [-0.2, -0.15) is 0 Å². The lowest BCUT2D eigenvalue weighted by Gasteiger charge is -2.37. The third-order valence-corrected chi connectivity index (χ3v) is 5.65. The molecular weight excluding hydrogens is 432 g/mol. The summed E-state index contributed by atoms with van der Waals surface area (Å²) in [6, 6.07) is 8.16. The number of morpholine rings is 1. The lowest BCUT2D eigenvalue weighted by molar-refractivity contribution is -0.115. The zero-order valence-corrected chi connectivity index (χ0v) is 20.2. The van der Waals surface area contributed by atoms with Crippen molar-refractivity contribution in [3.05, 3.63) is 29.8 Å². The maximum Gasteiger partial charge on any atom is 0.130 e. The number of halogens is 1. The topological polar surface area (TPSA) is 50.8 Å². The van der Waals surface area contributed by atoms with Gasteiger partial charge in [0.1, 0.15) is 6.29 Å². The first-order chi connectivity index (χ1) is 14.3. The Kier molecular flexibility index (Phi) is 13.4. The van der Waals surface area contributed by atoms with E-state index in [1.807, 2.05) is 44.9 Å². The summed E-state index contributed by atoms with van der Waals surface area (Å²) < 4.78 is 11.5. The van der Waals surface area contributed by atoms with E-state index < -0.39 is 0 Å². The zero-order valence-electron chi connectivity index (χ0n) is 18.6. The van der Waals surface area contributed by atoms with Gasteiger partial charge in [0.25, 0.3) is 0 Å². The van der Waals surface area contributed by atoms with Crippen LogP contribution in [0.4, 0.5) is 5.69 Å². The molecule has 0 unspecified atom stereocenters. The van der Waals surface area contributed by atoms with Gasteiger partial charge in [0.15, 0.2) is 0 Å². The van der Waals surface area contributed by atoms with Gasteiger partial charge < -0.3 is 19.6 Å². The molecule has 166 valence electrons. The van der Waals surface area contributed by atoms with E-state index >= 15 is 0 Å². The molecule has 0 bridgehead atoms. The number of carbonyl (C=O) groups is 1. The number of aldehydes is 1. The Labute approximate surface area is 185 Å². The molecule has 1 N–H and O–H groups in total. The van der Waals surface area contributed by atoms with Crippen LogP contribution in [0.25, 0.3) is 0 Å². The van der Waals surface area contributed by atoms with Crippen LogP contribution in [0.2, 0.25) is 0 Å². The maximum atomic E-state index is 12.0. The van der Waals surface area contributed by atoms with Crippen molar-refractivity contribution in [1.29, 1.82) is 0 Å². The average Bonchev–Trinajstić information content (AvgIpc) is 2.83. The summed E-state index contributed by atoms with van der Waals surface area (Å²) in [5, 5.41) is 3.23. The summed E-state index contributed by atoms with van der Waals surface area (Å²) in [6.45, 7) is 9.41. The van der Waals surface area contributed by atoms with Crippen molar-refractivity contribution < 1.29 is 14.3 Å². The maximum absolute atomic E-state index is 12.0. The molecular formula is C23H39BrN2O3. The summed E-state index contributed by atoms with van der Waals surface area (Å²) in [6.07, 6.45) is 5.04. The van der Waals surface area contributed by atoms with Crippen LogP contribution in [0.3, 0.4) is 0 Å². The number of nitrogens with one attached hydrogen (secondary N) is 1. The molecule has 2 fully saturated rings. The quantitative estimate of drug-likeness (QED) is 0.469. The first-order valence-electron chi connectivity index (χ1n) is 10.8. The Hall–Kier alpha value is -0.950. The zero-order chi connectivity index (χ0) is 21.5. The van der Waals surface area contributed by atoms with E-state index in [9.17, 15) is 4.79 Å². The lowest BCUT2D eigenvalue weighted by atomic mass is 9.69. The third-order valence-electron chi connectivity index (χ3n) is 5.65. The van der Waals surface area contributed by atoms with Crippen LogP contribution in [0.15, 0.2) is 24.3 Å². The van der Waals surface area contributed by atoms with Gasteiger partial charge in [-0.3, -0.25) is 4.90 Å². The Morgan fingerprint density at radius 1 is 1.21 bits per heavy atom. The van der Waals surface area contributed by atoms with E-state index in [-0.39, 0.29) is 11.5 Å². The van der Waals surface area contributed by atoms with Crippen LogP contribution in [0.5, 0.6) is 0 Å². The van der Waals surface area contributed by atoms with E-state index in [0.29, 0.717) is 0 Å². The largest absolute Gasteiger partial charge is 0.388 e. The Morgan fingerprint density at radius 3 is 2.41 bits per heavy atom. The first-order valence-corrected chi connectivity index (χ1v) is 12.4. The van der Waals surface area contributed by atoms with Crippen LogP contribution < -0.4 is 5.32 Å². The monoisotopic (exact) mass is 470 g/mol. The lowest BCUT2D eigenvalue weighted by Crippen LogP contribution is -2.40. The molecule has 1 saturated carbocycles. The number of ether oxygens (including phenoxy) is 2. The van der Waals surface area contributed by atoms with Crippen molar-refractivity contribution in [2.45, 2.75) is 51.0 Å². The van der Waals surface area contributed by atoms with E-state index in [2.05, 4.69) is 32.2 Å². The Morgan fingerprint density at radius 2 is 1.83 bits per heavy atom. The molecule has 3 rings (SSSR count). The second-order valence-corrected chi connectivity index (χ2v) is 7.09. The van der Waals surface area contributed by atoms with Crippen molar-refractivity contribution >= 4 is 27.9 Å². The fourth-order valence-electron chi connectivity index (χ4n) is 4.03. The fraction of sp³-hybridized carbons (Fsp3) is 0.696. The van der Waals surface area contributed by atoms with Crippen LogP contribution in [0, 0.1) is 0 Å². The molecule has 0 amide bonds. The van der Waals surface area contributed by atoms with Gasteiger partial charge in [-0.1, -0.05) is 48.0 Å². The normalized spacial score (nSPS) is 24.4. The van der Waals surface area contributed by atoms with Gasteiger partial charge in [0.2, 0.25) is 0 Å². The predicted octanol–water partition coefficient (Wildman–Crippen LogP) is 4.49. The third kappa shape index (κ3) is 7.67. The van der Waals surface area contributed by atoms with Crippen molar-refractivity contribution in [2.75, 3.05) is 57.7 Å². The minimum atomic E-state index is -0.371. The van der Waals surface area contributed by atoms with Crippen molar-refractivity contribution in [2.24, 2.45) is 0 Å². The molecule has 1 aromatic rings. The molecule has 0 aromatic heterocycles. The minimum Gasteiger partial charge on any atom is -0.388 e. The summed E-state index contributed by atoms with van der Waals surface area (Å²) in [7, 11) is 1.91. The molecule has 29 heavy (non-hydrogen) atoms. The van der Waals surface area contributed by atoms with E-state index in [1.54, 1.807) is 0 Å². The highest BCUT2D eigenvalue weighted by molar-refractivity contribution is 9.08. The SMILES string of the molecule is CBr.CC.CNc1ccccc1C1(C=O)CCC(OCCN2CCOCC2)CC1. The first kappa shape index (κ1) is 26.1. The van der Waals surface area contributed by atoms with Crippen LogP contribution in [-0.2, 0) is 19.7 Å². The molecule has 5 nitrogen and oxygen atoms in total. The highest BCUT2D eigenvalue weighted by atomic mass is 79.9. The Balaban J connectivity index is 0.000000989. The molecule has 0 spiro atoms. The molecule has 6 heteroatoms. The highest BCUT2D eigenvalue weighted by Crippen LogP contribution is 2.41. The average molecular weight is 471 g/mol. The number of anilines is 1. The number of para-hydroxylation sites is 1. The van der Waals surface area contributed by atoms with E-state index in [0.717, 1.165) is 82.7 Å². The van der Waals surface area contributed by atoms with Gasteiger partial charge in [0.05, 0.1) is 31.3 Å². The number of hydrogen-bond donors (Lipinski definition) is 1. The number of nitrogens with zero attached hydrogens (tertiary/aromatic N) is 1. The van der Waals surface area contributed by atoms with Gasteiger partial charge in [-0.25, -0.2) is 0 Å². The number of benzene rings is 1. The van der Waals surface area contributed by atoms with E-state index in [4.69, 9.17) is 9.47 Å². The van der Waals surface area contributed by atoms with Gasteiger partial charge in [-0.15, -0.1) is 0 Å². The molecule has 0 atom stereocenters. The predicted molar refractivity (Wildman–Crippen MR) is 125 cm³/mol. The standard InChI is InChI=1S/C20H30N2O3.C2H6.CH3Br/c1-21-19-5-3-2-4-18(19)20(16-23)8-6-17(7-9-20)25-15-12-22-10-13-24-14-11-22;2*1-2/h2-5,16-17,21H,6-15H2,1H3;1-2H3;1H3. The second-order valence-electron chi connectivity index (χ2n) is 7.09. The fourth-order valence-corrected chi connectivity index (χ4v) is 4.03. The summed E-state index contributed by atoms with van der Waals surface area (Å²) in [5.74, 6) is 1.81. The second kappa shape index (κ2) is 14.9. The molecule has 1 saturated heterocycles. The van der Waals surface area contributed by atoms with Crippen LogP contribution >= 0.6 is 15.9 Å². The number of hydrogen-bond acceptors (Lipinski definition) is 5. The minimum absolute atomic E-state index is 0.274. The van der Waals surface area contributed by atoms with E-state index in [1.165, 1.54) is 0 Å². The van der Waals surface area contributed by atoms with Crippen molar-refractivity contribution in [3.8, 4) is 0 Å². The number of rotatable bonds is 7. The summed E-state index contributed by atoms with van der Waals surface area (Å²) in [5.41, 5.74) is 1.81. The van der Waals surface area contributed by atoms with Crippen LogP contribution in [-0.4, -0.2) is 69.6 Å². The summed E-state index contributed by atoms with van der Waals surface area (Å²) in [4.78, 5) is 14.4. The smallest absolute Gasteiger partial charge is 0.130 e. The van der Waals surface area contributed by atoms with Gasteiger partial charge in [-0.05, 0) is 43.1 Å². The molecule has 1 aliphatic heterocycles. The summed E-state index contributed by atoms with van der Waals surface area (Å²) >= 11 is 2.94. The highest BCUT2D eigenvalue weighted by Gasteiger charge is 2.38. The molecule has 2 aliphatic rings. The van der Waals surface area contributed by atoms with Crippen molar-refractivity contribution in [1.82, 2.24) is 4.90 Å². The number of alkyl halides is 1. The molecule has 0 radical (unpaired) electrons. The Bertz CT molecular complexity index is 557. The molecule has 1 heterocycles. The van der Waals surface area contributed by atoms with Crippen molar-refractivity contribution in [3.63, 3.8) is 0 Å². The molecule has 1 aliphatic carbocycles. The number of carbonyl (C=O) groups excluding carboxylic acids is 1. The molecule has 1 aromatic carbocycles. The van der Waals surface area contributed by atoms with Gasteiger partial charge >= 0.3 is 0 Å². The van der Waals surface area contributed by atoms with Crippen LogP contribution in [0.1, 0.15) is 45.1 Å².